The fraction of sp³-hybridized carbons (Fsp3) is 0.0870. The molecule has 2 heterocycles. The van der Waals surface area contributed by atoms with Crippen molar-refractivity contribution in [2.45, 2.75) is 14.4 Å². The number of hydrogen-bond acceptors (Lipinski definition) is 7. The van der Waals surface area contributed by atoms with Gasteiger partial charge in [0.1, 0.15) is 17.3 Å². The molecule has 1 aromatic heterocycles. The number of carbonyl (C=O) groups is 2. The first kappa shape index (κ1) is 22.9. The number of aromatic carboxylic acids is 1. The molecule has 0 fully saturated rings. The van der Waals surface area contributed by atoms with Crippen molar-refractivity contribution in [2.24, 2.45) is 5.10 Å². The lowest BCUT2D eigenvalue weighted by Gasteiger charge is -2.12. The van der Waals surface area contributed by atoms with Crippen molar-refractivity contribution in [1.29, 1.82) is 0 Å². The molecule has 2 aromatic carbocycles. The summed E-state index contributed by atoms with van der Waals surface area (Å²) in [5, 5.41) is 35.5. The molecule has 0 saturated heterocycles. The van der Waals surface area contributed by atoms with Gasteiger partial charge in [0, 0.05) is 12.1 Å². The molecule has 2 N–H and O–H groups in total. The van der Waals surface area contributed by atoms with E-state index in [2.05, 4.69) is 5.10 Å². The molecule has 10 heteroatoms. The topological polar surface area (TPSA) is 146 Å². The highest BCUT2D eigenvalue weighted by atomic mass is 16.6. The van der Waals surface area contributed by atoms with Gasteiger partial charge in [0.2, 0.25) is 0 Å². The second-order valence-corrected chi connectivity index (χ2v) is 6.88. The van der Waals surface area contributed by atoms with Crippen molar-refractivity contribution in [2.75, 3.05) is 5.01 Å². The Kier molecular flexibility index (Phi) is 6.11. The van der Waals surface area contributed by atoms with Crippen molar-refractivity contribution in [3.05, 3.63) is 81.6 Å². The number of phenols is 1. The van der Waals surface area contributed by atoms with Gasteiger partial charge in [-0.3, -0.25) is 14.9 Å². The summed E-state index contributed by atoms with van der Waals surface area (Å²) in [6, 6.07) is 12.5. The lowest BCUT2D eigenvalue weighted by Crippen LogP contribution is -2.21. The summed E-state index contributed by atoms with van der Waals surface area (Å²) in [6.07, 6.45) is 1.46. The van der Waals surface area contributed by atoms with E-state index < -0.39 is 16.8 Å². The van der Waals surface area contributed by atoms with Crippen LogP contribution >= 0.6 is 0 Å². The average Bonchev–Trinajstić information content (AvgIpc) is 3.34. The number of anilines is 1. The lowest BCUT2D eigenvalue weighted by atomic mass is 10.1. The number of nitrogens with zero attached hydrogens (tertiary/aromatic N) is 3. The molecule has 10 nitrogen and oxygen atoms in total. The maximum Gasteiger partial charge on any atom is 0.335 e. The molecule has 0 atom stereocenters. The molecule has 0 radical (unpaired) electrons. The molecular formula is C23H19N3O7. The van der Waals surface area contributed by atoms with Gasteiger partial charge in [-0.05, 0) is 49.4 Å². The number of non-ortho nitro benzene ring substituents is 1. The largest absolute Gasteiger partial charge is 0.507 e. The number of hydrogen-bond donors (Lipinski definition) is 2. The number of carboxylic acid groups (broad SMARTS) is 1. The van der Waals surface area contributed by atoms with E-state index in [4.69, 9.17) is 9.52 Å². The number of amides is 1. The Balaban J connectivity index is 0.00000306. The van der Waals surface area contributed by atoms with Crippen LogP contribution < -0.4 is 5.01 Å². The zero-order valence-electron chi connectivity index (χ0n) is 16.6. The Bertz CT molecular complexity index is 1340. The van der Waals surface area contributed by atoms with Gasteiger partial charge in [0.25, 0.3) is 11.6 Å². The molecule has 168 valence electrons. The van der Waals surface area contributed by atoms with Crippen LogP contribution in [0.5, 0.6) is 5.75 Å². The minimum atomic E-state index is -1.12. The summed E-state index contributed by atoms with van der Waals surface area (Å²) in [6.45, 7) is 1.63. The molecular weight excluding hydrogens is 430 g/mol. The maximum atomic E-state index is 12.9. The number of furan rings is 1. The second kappa shape index (κ2) is 8.79. The highest BCUT2D eigenvalue weighted by Crippen LogP contribution is 2.34. The van der Waals surface area contributed by atoms with Gasteiger partial charge < -0.3 is 14.6 Å². The van der Waals surface area contributed by atoms with Gasteiger partial charge in [-0.25, -0.2) is 4.79 Å². The van der Waals surface area contributed by atoms with Crippen molar-refractivity contribution in [3.8, 4) is 17.1 Å². The van der Waals surface area contributed by atoms with E-state index in [1.165, 1.54) is 48.5 Å². The number of carbonyl (C=O) groups excluding carboxylic acids is 1. The number of hydrazone groups is 1. The third kappa shape index (κ3) is 4.35. The number of phenolic OH excluding ortho intramolecular Hbond substituents is 1. The van der Waals surface area contributed by atoms with E-state index in [0.717, 1.165) is 5.01 Å². The lowest BCUT2D eigenvalue weighted by molar-refractivity contribution is -0.384. The van der Waals surface area contributed by atoms with Crippen LogP contribution in [0.2, 0.25) is 0 Å². The van der Waals surface area contributed by atoms with Crippen molar-refractivity contribution < 1.29 is 29.1 Å². The molecule has 1 aliphatic rings. The van der Waals surface area contributed by atoms with Crippen LogP contribution in [-0.2, 0) is 4.79 Å². The Hall–Kier alpha value is -4.73. The average molecular weight is 449 g/mol. The first-order chi connectivity index (χ1) is 15.2. The summed E-state index contributed by atoms with van der Waals surface area (Å²) >= 11 is 0. The van der Waals surface area contributed by atoms with Crippen LogP contribution in [-0.4, -0.2) is 32.7 Å². The van der Waals surface area contributed by atoms with Crippen LogP contribution in [0, 0.1) is 10.1 Å². The Labute approximate surface area is 187 Å². The summed E-state index contributed by atoms with van der Waals surface area (Å²) in [7, 11) is 0. The number of nitro groups is 1. The minimum Gasteiger partial charge on any atom is -0.507 e. The molecule has 0 unspecified atom stereocenters. The maximum absolute atomic E-state index is 12.9. The number of aromatic hydroxyl groups is 1. The van der Waals surface area contributed by atoms with Crippen LogP contribution in [0.3, 0.4) is 0 Å². The standard InChI is InChI=1S/C22H15N3O7.CH4/c1-12-17(21(27)24(23-12)14-4-2-3-13(9-14)22(28)29)11-16-6-8-20(32-16)18-10-15(25(30)31)5-7-19(18)26;/h2-11,26H,1H3,(H,28,29);1H4/b17-11-;. The van der Waals surface area contributed by atoms with Gasteiger partial charge in [-0.2, -0.15) is 10.1 Å². The van der Waals surface area contributed by atoms with Gasteiger partial charge in [0.05, 0.1) is 33.0 Å². The van der Waals surface area contributed by atoms with E-state index in [-0.39, 0.29) is 47.1 Å². The minimum absolute atomic E-state index is 0. The fourth-order valence-electron chi connectivity index (χ4n) is 3.18. The number of carboxylic acids is 1. The molecule has 33 heavy (non-hydrogen) atoms. The third-order valence-corrected chi connectivity index (χ3v) is 4.77. The van der Waals surface area contributed by atoms with E-state index in [1.54, 1.807) is 19.1 Å². The first-order valence-electron chi connectivity index (χ1n) is 9.27. The molecule has 0 aliphatic carbocycles. The van der Waals surface area contributed by atoms with Gasteiger partial charge in [-0.1, -0.05) is 13.5 Å². The van der Waals surface area contributed by atoms with Crippen molar-refractivity contribution in [3.63, 3.8) is 0 Å². The zero-order valence-corrected chi connectivity index (χ0v) is 16.6. The van der Waals surface area contributed by atoms with Gasteiger partial charge in [-0.15, -0.1) is 0 Å². The third-order valence-electron chi connectivity index (χ3n) is 4.77. The quantitative estimate of drug-likeness (QED) is 0.326. The molecule has 0 bridgehead atoms. The normalized spacial score (nSPS) is 14.2. The highest BCUT2D eigenvalue weighted by Gasteiger charge is 2.29. The summed E-state index contributed by atoms with van der Waals surface area (Å²) in [5.74, 6) is -1.33. The summed E-state index contributed by atoms with van der Waals surface area (Å²) in [5.41, 5.74) is 0.885. The Morgan fingerprint density at radius 1 is 1.18 bits per heavy atom. The predicted molar refractivity (Wildman–Crippen MR) is 121 cm³/mol. The number of nitro benzene ring substituents is 1. The fourth-order valence-corrected chi connectivity index (χ4v) is 3.18. The highest BCUT2D eigenvalue weighted by molar-refractivity contribution is 6.32. The molecule has 0 spiro atoms. The molecule has 4 rings (SSSR count). The predicted octanol–water partition coefficient (Wildman–Crippen LogP) is 4.70. The van der Waals surface area contributed by atoms with Gasteiger partial charge >= 0.3 is 5.97 Å². The molecule has 3 aromatic rings. The first-order valence-corrected chi connectivity index (χ1v) is 9.27. The van der Waals surface area contributed by atoms with E-state index in [1.807, 2.05) is 0 Å². The van der Waals surface area contributed by atoms with E-state index in [0.29, 0.717) is 11.4 Å². The summed E-state index contributed by atoms with van der Waals surface area (Å²) < 4.78 is 5.67. The van der Waals surface area contributed by atoms with Crippen LogP contribution in [0.25, 0.3) is 17.4 Å². The Morgan fingerprint density at radius 2 is 1.94 bits per heavy atom. The van der Waals surface area contributed by atoms with E-state index in [9.17, 15) is 24.8 Å². The van der Waals surface area contributed by atoms with Crippen LogP contribution in [0.15, 0.2) is 69.7 Å². The Morgan fingerprint density at radius 3 is 2.64 bits per heavy atom. The zero-order chi connectivity index (χ0) is 23.0. The smallest absolute Gasteiger partial charge is 0.335 e. The molecule has 0 saturated carbocycles. The van der Waals surface area contributed by atoms with E-state index >= 15 is 0 Å². The number of benzene rings is 2. The molecule has 1 aliphatic heterocycles. The SMILES string of the molecule is C.CC1=NN(c2cccc(C(=O)O)c2)C(=O)/C1=C\c1ccc(-c2cc([N+](=O)[O-])ccc2O)o1. The van der Waals surface area contributed by atoms with Crippen LogP contribution in [0.4, 0.5) is 11.4 Å². The number of rotatable bonds is 5. The summed E-state index contributed by atoms with van der Waals surface area (Å²) in [4.78, 5) is 34.5. The van der Waals surface area contributed by atoms with Gasteiger partial charge in [0.15, 0.2) is 0 Å². The van der Waals surface area contributed by atoms with Crippen molar-refractivity contribution in [1.82, 2.24) is 0 Å². The monoisotopic (exact) mass is 449 g/mol. The molecule has 1 amide bonds. The second-order valence-electron chi connectivity index (χ2n) is 6.88. The van der Waals surface area contributed by atoms with Crippen molar-refractivity contribution >= 4 is 35.0 Å². The van der Waals surface area contributed by atoms with Crippen LogP contribution in [0.1, 0.15) is 30.5 Å².